The number of hydrogen-bond acceptors (Lipinski definition) is 3. The minimum atomic E-state index is -0.350. The summed E-state index contributed by atoms with van der Waals surface area (Å²) in [5.74, 6) is -0.515. The van der Waals surface area contributed by atoms with E-state index in [4.69, 9.17) is 5.26 Å². The summed E-state index contributed by atoms with van der Waals surface area (Å²) >= 11 is 0. The van der Waals surface area contributed by atoms with Crippen LogP contribution in [-0.2, 0) is 16.1 Å². The second-order valence-corrected chi connectivity index (χ2v) is 5.84. The first kappa shape index (κ1) is 15.8. The van der Waals surface area contributed by atoms with Gasteiger partial charge in [0.15, 0.2) is 0 Å². The lowest BCUT2D eigenvalue weighted by Gasteiger charge is -2.16. The molecule has 5 heteroatoms. The first-order chi connectivity index (χ1) is 11.7. The number of rotatable bonds is 4. The largest absolute Gasteiger partial charge is 0.338 e. The minimum Gasteiger partial charge on any atom is -0.338 e. The smallest absolute Gasteiger partial charge is 0.229 e. The van der Waals surface area contributed by atoms with E-state index in [2.05, 4.69) is 5.32 Å². The molecule has 0 saturated carbocycles. The molecule has 2 amide bonds. The maximum Gasteiger partial charge on any atom is 0.229 e. The molecule has 2 aromatic rings. The van der Waals surface area contributed by atoms with Gasteiger partial charge in [-0.2, -0.15) is 5.26 Å². The van der Waals surface area contributed by atoms with E-state index in [-0.39, 0.29) is 24.2 Å². The number of nitrogens with zero attached hydrogens (tertiary/aromatic N) is 2. The van der Waals surface area contributed by atoms with Crippen LogP contribution in [0.5, 0.6) is 0 Å². The zero-order chi connectivity index (χ0) is 16.9. The third-order valence-corrected chi connectivity index (χ3v) is 4.08. The lowest BCUT2D eigenvalue weighted by atomic mass is 10.1. The summed E-state index contributed by atoms with van der Waals surface area (Å²) < 4.78 is 0. The van der Waals surface area contributed by atoms with Crippen molar-refractivity contribution in [1.29, 1.82) is 5.26 Å². The molecule has 0 aromatic heterocycles. The van der Waals surface area contributed by atoms with Crippen molar-refractivity contribution < 1.29 is 9.59 Å². The maximum atomic E-state index is 12.4. The molecule has 1 aliphatic rings. The van der Waals surface area contributed by atoms with Gasteiger partial charge in [0.05, 0.1) is 17.6 Å². The molecule has 0 bridgehead atoms. The monoisotopic (exact) mass is 319 g/mol. The van der Waals surface area contributed by atoms with Crippen molar-refractivity contribution >= 4 is 17.5 Å². The van der Waals surface area contributed by atoms with E-state index in [1.807, 2.05) is 36.4 Å². The summed E-state index contributed by atoms with van der Waals surface area (Å²) in [6.45, 7) is 0.955. The fourth-order valence-electron chi connectivity index (χ4n) is 2.78. The van der Waals surface area contributed by atoms with E-state index in [1.165, 1.54) is 0 Å². The number of carbonyl (C=O) groups excluding carboxylic acids is 2. The van der Waals surface area contributed by atoms with Gasteiger partial charge in [-0.3, -0.25) is 9.59 Å². The second-order valence-electron chi connectivity index (χ2n) is 5.84. The Morgan fingerprint density at radius 3 is 2.54 bits per heavy atom. The number of hydrogen-bond donors (Lipinski definition) is 1. The van der Waals surface area contributed by atoms with Crippen LogP contribution in [0.2, 0.25) is 0 Å². The average Bonchev–Trinajstić information content (AvgIpc) is 2.97. The zero-order valence-corrected chi connectivity index (χ0v) is 13.1. The third-order valence-electron chi connectivity index (χ3n) is 4.08. The van der Waals surface area contributed by atoms with Gasteiger partial charge >= 0.3 is 0 Å². The van der Waals surface area contributed by atoms with E-state index in [1.54, 1.807) is 29.2 Å². The van der Waals surface area contributed by atoms with Crippen molar-refractivity contribution in [3.63, 3.8) is 0 Å². The lowest BCUT2D eigenvalue weighted by molar-refractivity contribution is -0.128. The van der Waals surface area contributed by atoms with Gasteiger partial charge in [-0.1, -0.05) is 30.3 Å². The normalized spacial score (nSPS) is 16.7. The molecule has 1 aliphatic heterocycles. The van der Waals surface area contributed by atoms with Crippen molar-refractivity contribution in [2.24, 2.45) is 5.92 Å². The van der Waals surface area contributed by atoms with Gasteiger partial charge in [0.25, 0.3) is 0 Å². The van der Waals surface area contributed by atoms with Crippen molar-refractivity contribution in [3.05, 3.63) is 65.7 Å². The molecule has 1 N–H and O–H groups in total. The van der Waals surface area contributed by atoms with E-state index in [9.17, 15) is 9.59 Å². The minimum absolute atomic E-state index is 0.00108. The molecular formula is C19H17N3O2. The van der Waals surface area contributed by atoms with Crippen LogP contribution in [0, 0.1) is 17.2 Å². The predicted molar refractivity (Wildman–Crippen MR) is 89.8 cm³/mol. The number of likely N-dealkylation sites (tertiary alicyclic amines) is 1. The molecule has 3 rings (SSSR count). The van der Waals surface area contributed by atoms with Crippen molar-refractivity contribution in [2.75, 3.05) is 11.9 Å². The van der Waals surface area contributed by atoms with Crippen LogP contribution in [-0.4, -0.2) is 23.3 Å². The summed E-state index contributed by atoms with van der Waals surface area (Å²) in [5.41, 5.74) is 2.23. The third kappa shape index (κ3) is 3.61. The number of nitriles is 1. The Labute approximate surface area is 140 Å². The van der Waals surface area contributed by atoms with Crippen LogP contribution in [0.4, 0.5) is 5.69 Å². The van der Waals surface area contributed by atoms with E-state index >= 15 is 0 Å². The number of benzene rings is 2. The van der Waals surface area contributed by atoms with Crippen molar-refractivity contribution in [3.8, 4) is 6.07 Å². The first-order valence-electron chi connectivity index (χ1n) is 7.78. The van der Waals surface area contributed by atoms with E-state index in [0.717, 1.165) is 5.56 Å². The fourth-order valence-corrected chi connectivity index (χ4v) is 2.78. The van der Waals surface area contributed by atoms with Crippen LogP contribution < -0.4 is 5.32 Å². The number of carbonyl (C=O) groups is 2. The summed E-state index contributed by atoms with van der Waals surface area (Å²) in [6.07, 6.45) is 0.231. The molecule has 5 nitrogen and oxygen atoms in total. The van der Waals surface area contributed by atoms with Gasteiger partial charge < -0.3 is 10.2 Å². The van der Waals surface area contributed by atoms with Gasteiger partial charge in [-0.05, 0) is 29.8 Å². The zero-order valence-electron chi connectivity index (χ0n) is 13.1. The van der Waals surface area contributed by atoms with Crippen LogP contribution >= 0.6 is 0 Å². The highest BCUT2D eigenvalue weighted by atomic mass is 16.2. The maximum absolute atomic E-state index is 12.4. The Morgan fingerprint density at radius 1 is 1.17 bits per heavy atom. The molecule has 0 aliphatic carbocycles. The Bertz CT molecular complexity index is 779. The number of anilines is 1. The van der Waals surface area contributed by atoms with Gasteiger partial charge in [0, 0.05) is 25.2 Å². The highest BCUT2D eigenvalue weighted by molar-refractivity contribution is 5.97. The SMILES string of the molecule is N#Cc1ccc(NC(=O)C2CC(=O)N(Cc3ccccc3)C2)cc1. The Hall–Kier alpha value is -3.13. The molecule has 0 spiro atoms. The average molecular weight is 319 g/mol. The van der Waals surface area contributed by atoms with Gasteiger partial charge in [0.1, 0.15) is 0 Å². The molecule has 1 atom stereocenters. The predicted octanol–water partition coefficient (Wildman–Crippen LogP) is 2.55. The molecule has 1 unspecified atom stereocenters. The van der Waals surface area contributed by atoms with Crippen LogP contribution in [0.3, 0.4) is 0 Å². The van der Waals surface area contributed by atoms with E-state index in [0.29, 0.717) is 24.3 Å². The Balaban J connectivity index is 1.60. The van der Waals surface area contributed by atoms with Crippen LogP contribution in [0.15, 0.2) is 54.6 Å². The summed E-state index contributed by atoms with van der Waals surface area (Å²) in [6, 6.07) is 18.5. The molecule has 120 valence electrons. The molecule has 1 fully saturated rings. The Kier molecular flexibility index (Phi) is 4.57. The summed E-state index contributed by atoms with van der Waals surface area (Å²) in [5, 5.41) is 11.6. The van der Waals surface area contributed by atoms with Crippen LogP contribution in [0.25, 0.3) is 0 Å². The van der Waals surface area contributed by atoms with Gasteiger partial charge in [0.2, 0.25) is 11.8 Å². The van der Waals surface area contributed by atoms with Gasteiger partial charge in [-0.15, -0.1) is 0 Å². The van der Waals surface area contributed by atoms with Crippen LogP contribution in [0.1, 0.15) is 17.5 Å². The van der Waals surface area contributed by atoms with E-state index < -0.39 is 0 Å². The molecular weight excluding hydrogens is 302 g/mol. The topological polar surface area (TPSA) is 73.2 Å². The molecule has 1 saturated heterocycles. The number of nitrogens with one attached hydrogen (secondary N) is 1. The number of amides is 2. The van der Waals surface area contributed by atoms with Gasteiger partial charge in [-0.25, -0.2) is 0 Å². The van der Waals surface area contributed by atoms with Crippen molar-refractivity contribution in [2.45, 2.75) is 13.0 Å². The highest BCUT2D eigenvalue weighted by Crippen LogP contribution is 2.22. The summed E-state index contributed by atoms with van der Waals surface area (Å²) in [4.78, 5) is 26.2. The molecule has 2 aromatic carbocycles. The quantitative estimate of drug-likeness (QED) is 0.941. The van der Waals surface area contributed by atoms with Crippen molar-refractivity contribution in [1.82, 2.24) is 4.90 Å². The molecule has 24 heavy (non-hydrogen) atoms. The molecule has 0 radical (unpaired) electrons. The fraction of sp³-hybridized carbons (Fsp3) is 0.211. The standard InChI is InChI=1S/C19H17N3O2/c20-11-14-6-8-17(9-7-14)21-19(24)16-10-18(23)22(13-16)12-15-4-2-1-3-5-15/h1-9,16H,10,12-13H2,(H,21,24). The highest BCUT2D eigenvalue weighted by Gasteiger charge is 2.34. The summed E-state index contributed by atoms with van der Waals surface area (Å²) in [7, 11) is 0. The lowest BCUT2D eigenvalue weighted by Crippen LogP contribution is -2.28. The second kappa shape index (κ2) is 6.97. The molecule has 1 heterocycles. The Morgan fingerprint density at radius 2 is 1.88 bits per heavy atom. The first-order valence-corrected chi connectivity index (χ1v) is 7.78.